The molecule has 2 fully saturated rings. The van der Waals surface area contributed by atoms with Gasteiger partial charge in [-0.3, -0.25) is 0 Å². The predicted octanol–water partition coefficient (Wildman–Crippen LogP) is -0.220. The molecule has 2 aliphatic rings. The zero-order valence-corrected chi connectivity index (χ0v) is 9.21. The van der Waals surface area contributed by atoms with Crippen molar-refractivity contribution in [1.82, 2.24) is 15.5 Å². The molecule has 2 heterocycles. The van der Waals surface area contributed by atoms with Gasteiger partial charge in [-0.1, -0.05) is 0 Å². The summed E-state index contributed by atoms with van der Waals surface area (Å²) in [6, 6.07) is 0.0574. The number of nitrogens with zero attached hydrogens (tertiary/aromatic N) is 1. The Morgan fingerprint density at radius 2 is 2.40 bits per heavy atom. The molecule has 2 aliphatic heterocycles. The number of nitrogens with one attached hydrogen (secondary N) is 2. The molecule has 2 rings (SSSR count). The van der Waals surface area contributed by atoms with Crippen LogP contribution in [0, 0.1) is 0 Å². The van der Waals surface area contributed by atoms with Crippen LogP contribution in [0.5, 0.6) is 0 Å². The predicted molar refractivity (Wildman–Crippen MR) is 56.8 cm³/mol. The number of urea groups is 1. The molecule has 0 aromatic heterocycles. The zero-order valence-electron chi connectivity index (χ0n) is 9.21. The van der Waals surface area contributed by atoms with Gasteiger partial charge in [0.25, 0.3) is 0 Å². The summed E-state index contributed by atoms with van der Waals surface area (Å²) in [6.07, 6.45) is 2.09. The van der Waals surface area contributed by atoms with Crippen LogP contribution in [-0.4, -0.2) is 56.4 Å². The van der Waals surface area contributed by atoms with Crippen LogP contribution >= 0.6 is 0 Å². The first kappa shape index (κ1) is 10.7. The molecular formula is C10H19N3O2. The van der Waals surface area contributed by atoms with Gasteiger partial charge < -0.3 is 20.3 Å². The fraction of sp³-hybridized carbons (Fsp3) is 0.900. The van der Waals surface area contributed by atoms with Crippen LogP contribution in [0.1, 0.15) is 12.8 Å². The summed E-state index contributed by atoms with van der Waals surface area (Å²) < 4.78 is 4.98. The Labute approximate surface area is 90.1 Å². The lowest BCUT2D eigenvalue weighted by molar-refractivity contribution is 0.120. The first-order valence-corrected chi connectivity index (χ1v) is 5.52. The number of carbonyl (C=O) groups is 1. The molecule has 2 N–H and O–H groups in total. The third-order valence-corrected chi connectivity index (χ3v) is 3.33. The highest BCUT2D eigenvalue weighted by Crippen LogP contribution is 2.23. The lowest BCUT2D eigenvalue weighted by Gasteiger charge is -2.39. The van der Waals surface area contributed by atoms with E-state index in [1.807, 2.05) is 4.90 Å². The van der Waals surface area contributed by atoms with Gasteiger partial charge in [-0.25, -0.2) is 4.79 Å². The summed E-state index contributed by atoms with van der Waals surface area (Å²) in [5, 5.41) is 6.42. The van der Waals surface area contributed by atoms with E-state index in [9.17, 15) is 4.79 Å². The van der Waals surface area contributed by atoms with Crippen molar-refractivity contribution >= 4 is 6.03 Å². The second-order valence-electron chi connectivity index (χ2n) is 4.37. The highest BCUT2D eigenvalue weighted by molar-refractivity contribution is 5.76. The number of hydrogen-bond acceptors (Lipinski definition) is 3. The summed E-state index contributed by atoms with van der Waals surface area (Å²) in [5.74, 6) is 0. The molecule has 0 radical (unpaired) electrons. The molecule has 15 heavy (non-hydrogen) atoms. The monoisotopic (exact) mass is 213 g/mol. The van der Waals surface area contributed by atoms with E-state index in [0.29, 0.717) is 13.2 Å². The van der Waals surface area contributed by atoms with Gasteiger partial charge in [0, 0.05) is 26.7 Å². The minimum absolute atomic E-state index is 0.0284. The summed E-state index contributed by atoms with van der Waals surface area (Å²) >= 11 is 0. The van der Waals surface area contributed by atoms with E-state index in [2.05, 4.69) is 10.6 Å². The van der Waals surface area contributed by atoms with Crippen LogP contribution in [0.2, 0.25) is 0 Å². The van der Waals surface area contributed by atoms with Crippen molar-refractivity contribution < 1.29 is 9.53 Å². The number of hydrogen-bond donors (Lipinski definition) is 2. The van der Waals surface area contributed by atoms with Crippen LogP contribution < -0.4 is 10.6 Å². The van der Waals surface area contributed by atoms with Crippen molar-refractivity contribution in [2.75, 3.05) is 39.9 Å². The average Bonchev–Trinajstić information content (AvgIpc) is 2.66. The smallest absolute Gasteiger partial charge is 0.317 e. The van der Waals surface area contributed by atoms with Crippen molar-refractivity contribution in [3.05, 3.63) is 0 Å². The first-order chi connectivity index (χ1) is 7.26. The Kier molecular flexibility index (Phi) is 3.11. The molecule has 1 atom stereocenters. The van der Waals surface area contributed by atoms with E-state index in [4.69, 9.17) is 4.74 Å². The second-order valence-corrected chi connectivity index (χ2v) is 4.37. The van der Waals surface area contributed by atoms with E-state index < -0.39 is 0 Å². The molecule has 0 bridgehead atoms. The zero-order chi connectivity index (χ0) is 10.7. The Morgan fingerprint density at radius 1 is 1.53 bits per heavy atom. The molecule has 0 saturated carbocycles. The fourth-order valence-electron chi connectivity index (χ4n) is 2.30. The molecular weight excluding hydrogens is 194 g/mol. The normalized spacial score (nSPS) is 31.0. The largest absolute Gasteiger partial charge is 0.383 e. The highest BCUT2D eigenvalue weighted by atomic mass is 16.5. The maximum absolute atomic E-state index is 11.8. The van der Waals surface area contributed by atoms with Crippen LogP contribution in [0.4, 0.5) is 4.79 Å². The van der Waals surface area contributed by atoms with Crippen molar-refractivity contribution in [1.29, 1.82) is 0 Å². The minimum Gasteiger partial charge on any atom is -0.383 e. The van der Waals surface area contributed by atoms with Crippen molar-refractivity contribution in [3.63, 3.8) is 0 Å². The summed E-state index contributed by atoms with van der Waals surface area (Å²) in [7, 11) is 1.66. The van der Waals surface area contributed by atoms with Gasteiger partial charge in [-0.2, -0.15) is 0 Å². The molecule has 0 aliphatic carbocycles. The second kappa shape index (κ2) is 4.37. The third kappa shape index (κ3) is 2.23. The van der Waals surface area contributed by atoms with Crippen LogP contribution in [-0.2, 0) is 4.74 Å². The molecule has 1 spiro atoms. The van der Waals surface area contributed by atoms with E-state index >= 15 is 0 Å². The number of carbonyl (C=O) groups excluding carboxylic acids is 1. The van der Waals surface area contributed by atoms with Crippen molar-refractivity contribution in [3.8, 4) is 0 Å². The SMILES string of the molecule is COCCN1CC[C@]2(CCNC2)NC1=O. The number of ether oxygens (including phenoxy) is 1. The van der Waals surface area contributed by atoms with Gasteiger partial charge in [0.2, 0.25) is 0 Å². The van der Waals surface area contributed by atoms with Crippen LogP contribution in [0.15, 0.2) is 0 Å². The van der Waals surface area contributed by atoms with Crippen molar-refractivity contribution in [2.24, 2.45) is 0 Å². The van der Waals surface area contributed by atoms with E-state index in [1.165, 1.54) is 0 Å². The Bertz CT molecular complexity index is 239. The molecule has 2 saturated heterocycles. The molecule has 0 aromatic rings. The van der Waals surface area contributed by atoms with Gasteiger partial charge >= 0.3 is 6.03 Å². The van der Waals surface area contributed by atoms with Crippen molar-refractivity contribution in [2.45, 2.75) is 18.4 Å². The number of rotatable bonds is 3. The summed E-state index contributed by atoms with van der Waals surface area (Å²) in [4.78, 5) is 13.6. The van der Waals surface area contributed by atoms with Gasteiger partial charge in [-0.05, 0) is 19.4 Å². The lowest BCUT2D eigenvalue weighted by atomic mass is 9.92. The van der Waals surface area contributed by atoms with E-state index in [1.54, 1.807) is 7.11 Å². The third-order valence-electron chi connectivity index (χ3n) is 3.33. The van der Waals surface area contributed by atoms with Gasteiger partial charge in [0.05, 0.1) is 12.1 Å². The van der Waals surface area contributed by atoms with Gasteiger partial charge in [0.1, 0.15) is 0 Å². The van der Waals surface area contributed by atoms with Crippen LogP contribution in [0.25, 0.3) is 0 Å². The Morgan fingerprint density at radius 3 is 3.00 bits per heavy atom. The van der Waals surface area contributed by atoms with Crippen LogP contribution in [0.3, 0.4) is 0 Å². The Balaban J connectivity index is 1.88. The molecule has 0 unspecified atom stereocenters. The summed E-state index contributed by atoms with van der Waals surface area (Å²) in [6.45, 7) is 4.07. The first-order valence-electron chi connectivity index (χ1n) is 5.52. The van der Waals surface area contributed by atoms with Gasteiger partial charge in [-0.15, -0.1) is 0 Å². The standard InChI is InChI=1S/C10H19N3O2/c1-15-7-6-13-5-3-10(12-9(13)14)2-4-11-8-10/h11H,2-8H2,1H3,(H,12,14)/t10-/m0/s1. The molecule has 86 valence electrons. The highest BCUT2D eigenvalue weighted by Gasteiger charge is 2.39. The Hall–Kier alpha value is -0.810. The quantitative estimate of drug-likeness (QED) is 0.681. The molecule has 5 nitrogen and oxygen atoms in total. The number of methoxy groups -OCH3 is 1. The molecule has 2 amide bonds. The topological polar surface area (TPSA) is 53.6 Å². The molecule has 0 aromatic carbocycles. The molecule has 5 heteroatoms. The lowest BCUT2D eigenvalue weighted by Crippen LogP contribution is -2.61. The van der Waals surface area contributed by atoms with E-state index in [0.717, 1.165) is 32.5 Å². The number of amides is 2. The minimum atomic E-state index is 0.0284. The van der Waals surface area contributed by atoms with Gasteiger partial charge in [0.15, 0.2) is 0 Å². The maximum atomic E-state index is 11.8. The van der Waals surface area contributed by atoms with E-state index in [-0.39, 0.29) is 11.6 Å². The summed E-state index contributed by atoms with van der Waals surface area (Å²) in [5.41, 5.74) is 0.0284. The fourth-order valence-corrected chi connectivity index (χ4v) is 2.30. The average molecular weight is 213 g/mol. The maximum Gasteiger partial charge on any atom is 0.317 e.